The first kappa shape index (κ1) is 26.8. The third-order valence-corrected chi connectivity index (χ3v) is 8.54. The number of hydrogen-bond acceptors (Lipinski definition) is 6. The van der Waals surface area contributed by atoms with Gasteiger partial charge in [-0.05, 0) is 48.4 Å². The summed E-state index contributed by atoms with van der Waals surface area (Å²) in [5.41, 5.74) is 5.55. The number of amides is 2. The van der Waals surface area contributed by atoms with Gasteiger partial charge in [-0.1, -0.05) is 54.6 Å². The molecule has 2 aromatic carbocycles. The zero-order valence-electron chi connectivity index (χ0n) is 22.7. The van der Waals surface area contributed by atoms with Crippen molar-refractivity contribution in [2.45, 2.75) is 44.6 Å². The van der Waals surface area contributed by atoms with Crippen LogP contribution in [0.2, 0.25) is 0 Å². The fraction of sp³-hybridized carbons (Fsp3) is 0.281. The average molecular weight is 567 g/mol. The molecule has 0 spiro atoms. The molecule has 3 heterocycles. The maximum atomic E-state index is 13.9. The van der Waals surface area contributed by atoms with Gasteiger partial charge in [-0.25, -0.2) is 9.97 Å². The second-order valence-electron chi connectivity index (χ2n) is 10.6. The summed E-state index contributed by atoms with van der Waals surface area (Å²) >= 11 is 1.41. The van der Waals surface area contributed by atoms with Gasteiger partial charge in [0.05, 0.1) is 18.0 Å². The van der Waals surface area contributed by atoms with E-state index in [-0.39, 0.29) is 24.3 Å². The van der Waals surface area contributed by atoms with Gasteiger partial charge < -0.3 is 5.11 Å². The Morgan fingerprint density at radius 1 is 1.07 bits per heavy atom. The molecule has 0 bridgehead atoms. The second kappa shape index (κ2) is 11.2. The van der Waals surface area contributed by atoms with E-state index in [4.69, 9.17) is 4.98 Å². The molecule has 2 amide bonds. The number of hydrogen-bond donors (Lipinski definition) is 1. The minimum Gasteiger partial charge on any atom is -0.481 e. The van der Waals surface area contributed by atoms with E-state index in [1.165, 1.54) is 11.3 Å². The highest BCUT2D eigenvalue weighted by molar-refractivity contribution is 7.14. The van der Waals surface area contributed by atoms with Crippen LogP contribution in [0.1, 0.15) is 36.8 Å². The second-order valence-corrected chi connectivity index (χ2v) is 11.5. The summed E-state index contributed by atoms with van der Waals surface area (Å²) < 4.78 is 0. The van der Waals surface area contributed by atoms with Gasteiger partial charge in [0.2, 0.25) is 11.8 Å². The van der Waals surface area contributed by atoms with E-state index in [0.717, 1.165) is 46.4 Å². The van der Waals surface area contributed by atoms with Crippen LogP contribution < -0.4 is 9.80 Å². The molecule has 4 aromatic rings. The molecule has 1 fully saturated rings. The van der Waals surface area contributed by atoms with Crippen LogP contribution in [0.5, 0.6) is 0 Å². The molecular weight excluding hydrogens is 536 g/mol. The molecule has 1 aliphatic carbocycles. The predicted molar refractivity (Wildman–Crippen MR) is 159 cm³/mol. The molecular formula is C32H30N4O4S. The summed E-state index contributed by atoms with van der Waals surface area (Å²) in [6.45, 7) is 0. The molecule has 6 rings (SSSR count). The number of nitrogens with zero attached hydrogens (tertiary/aromatic N) is 4. The van der Waals surface area contributed by atoms with Gasteiger partial charge in [-0.15, -0.1) is 11.3 Å². The number of carboxylic acid groups (broad SMARTS) is 1. The smallest absolute Gasteiger partial charge is 0.304 e. The van der Waals surface area contributed by atoms with Crippen molar-refractivity contribution in [3.05, 3.63) is 83.4 Å². The Bertz CT molecular complexity index is 1610. The maximum absolute atomic E-state index is 13.9. The zero-order valence-corrected chi connectivity index (χ0v) is 23.5. The van der Waals surface area contributed by atoms with Gasteiger partial charge in [0.1, 0.15) is 5.82 Å². The number of aryl methyl sites for hydroxylation is 1. The highest BCUT2D eigenvalue weighted by Crippen LogP contribution is 2.40. The Morgan fingerprint density at radius 3 is 2.54 bits per heavy atom. The lowest BCUT2D eigenvalue weighted by molar-refractivity contribution is -0.140. The quantitative estimate of drug-likeness (QED) is 0.283. The van der Waals surface area contributed by atoms with Crippen molar-refractivity contribution in [2.75, 3.05) is 16.8 Å². The van der Waals surface area contributed by atoms with Crippen molar-refractivity contribution in [1.29, 1.82) is 0 Å². The Kier molecular flexibility index (Phi) is 7.36. The molecule has 41 heavy (non-hydrogen) atoms. The van der Waals surface area contributed by atoms with Crippen LogP contribution >= 0.6 is 11.3 Å². The van der Waals surface area contributed by atoms with Crippen molar-refractivity contribution in [1.82, 2.24) is 9.97 Å². The fourth-order valence-electron chi connectivity index (χ4n) is 5.44. The lowest BCUT2D eigenvalue weighted by Crippen LogP contribution is -2.39. The van der Waals surface area contributed by atoms with E-state index in [9.17, 15) is 19.5 Å². The highest BCUT2D eigenvalue weighted by Gasteiger charge is 2.39. The molecule has 208 valence electrons. The number of carbonyl (C=O) groups excluding carboxylic acids is 2. The largest absolute Gasteiger partial charge is 0.481 e. The number of benzene rings is 2. The van der Waals surface area contributed by atoms with Gasteiger partial charge in [0, 0.05) is 42.2 Å². The monoisotopic (exact) mass is 566 g/mol. The van der Waals surface area contributed by atoms with Gasteiger partial charge >= 0.3 is 5.97 Å². The van der Waals surface area contributed by atoms with Gasteiger partial charge in [-0.3, -0.25) is 24.2 Å². The Morgan fingerprint density at radius 2 is 1.80 bits per heavy atom. The summed E-state index contributed by atoms with van der Waals surface area (Å²) in [7, 11) is 1.76. The van der Waals surface area contributed by atoms with Crippen LogP contribution in [0.3, 0.4) is 0 Å². The van der Waals surface area contributed by atoms with Crippen molar-refractivity contribution >= 4 is 40.1 Å². The molecule has 0 radical (unpaired) electrons. The van der Waals surface area contributed by atoms with E-state index in [2.05, 4.69) is 11.1 Å². The number of fused-ring (bicyclic) bond motifs is 1. The third kappa shape index (κ3) is 5.63. The van der Waals surface area contributed by atoms with Crippen molar-refractivity contribution in [3.63, 3.8) is 0 Å². The standard InChI is InChI=1S/C32H30N4O4S/c1-35-28(37)14-11-21-16-23(18-33-30(21)35)25-9-5-6-10-26(25)27-19-41-32(34-27)36(24-12-13-24)31(40)22(17-29(38)39)15-20-7-3-2-4-8-20/h2-10,16,18-19,22,24H,11-15,17H2,1H3,(H,38,39). The SMILES string of the molecule is CN1C(=O)CCc2cc(-c3ccccc3-c3csc(N(C(=O)C(CC(=O)O)Cc4ccccc4)C4CC4)n3)cnc21. The van der Waals surface area contributed by atoms with E-state index >= 15 is 0 Å². The fourth-order valence-corrected chi connectivity index (χ4v) is 6.34. The van der Waals surface area contributed by atoms with Crippen LogP contribution in [-0.2, 0) is 27.2 Å². The summed E-state index contributed by atoms with van der Waals surface area (Å²) in [5.74, 6) is -1.09. The molecule has 1 aliphatic heterocycles. The van der Waals surface area contributed by atoms with Gasteiger partial charge in [0.15, 0.2) is 5.13 Å². The first-order valence-electron chi connectivity index (χ1n) is 13.8. The molecule has 1 saturated carbocycles. The number of rotatable bonds is 9. The van der Waals surface area contributed by atoms with Crippen molar-refractivity contribution < 1.29 is 19.5 Å². The van der Waals surface area contributed by atoms with E-state index < -0.39 is 11.9 Å². The van der Waals surface area contributed by atoms with E-state index in [1.807, 2.05) is 60.0 Å². The molecule has 8 nitrogen and oxygen atoms in total. The minimum atomic E-state index is -0.988. The first-order chi connectivity index (χ1) is 19.9. The molecule has 1 unspecified atom stereocenters. The minimum absolute atomic E-state index is 0.0355. The number of carbonyl (C=O) groups is 3. The molecule has 2 aromatic heterocycles. The summed E-state index contributed by atoms with van der Waals surface area (Å²) in [6, 6.07) is 19.7. The number of pyridine rings is 1. The average Bonchev–Trinajstić information content (AvgIpc) is 3.70. The van der Waals surface area contributed by atoms with Crippen LogP contribution in [0, 0.1) is 5.92 Å². The normalized spacial score (nSPS) is 15.3. The number of thiazole rings is 1. The zero-order chi connectivity index (χ0) is 28.5. The van der Waals surface area contributed by atoms with Crippen LogP contribution in [0.15, 0.2) is 72.2 Å². The number of anilines is 2. The molecule has 1 atom stereocenters. The molecule has 2 aliphatic rings. The topological polar surface area (TPSA) is 104 Å². The molecule has 1 N–H and O–H groups in total. The first-order valence-corrected chi connectivity index (χ1v) is 14.7. The van der Waals surface area contributed by atoms with Gasteiger partial charge in [0.25, 0.3) is 0 Å². The molecule has 9 heteroatoms. The number of aliphatic carboxylic acids is 1. The van der Waals surface area contributed by atoms with Crippen LogP contribution in [-0.4, -0.2) is 45.9 Å². The van der Waals surface area contributed by atoms with E-state index in [0.29, 0.717) is 30.2 Å². The Balaban J connectivity index is 1.31. The summed E-state index contributed by atoms with van der Waals surface area (Å²) in [6.07, 6.45) is 4.79. The highest BCUT2D eigenvalue weighted by atomic mass is 32.1. The van der Waals surface area contributed by atoms with Crippen LogP contribution in [0.4, 0.5) is 10.9 Å². The number of carboxylic acids is 1. The van der Waals surface area contributed by atoms with Crippen molar-refractivity contribution in [2.24, 2.45) is 5.92 Å². The van der Waals surface area contributed by atoms with Crippen molar-refractivity contribution in [3.8, 4) is 22.4 Å². The maximum Gasteiger partial charge on any atom is 0.304 e. The summed E-state index contributed by atoms with van der Waals surface area (Å²) in [4.78, 5) is 50.6. The molecule has 0 saturated heterocycles. The lowest BCUT2D eigenvalue weighted by atomic mass is 9.94. The lowest BCUT2D eigenvalue weighted by Gasteiger charge is -2.25. The number of aromatic nitrogens is 2. The van der Waals surface area contributed by atoms with Crippen LogP contribution in [0.25, 0.3) is 22.4 Å². The predicted octanol–water partition coefficient (Wildman–Crippen LogP) is 5.61. The van der Waals surface area contributed by atoms with E-state index in [1.54, 1.807) is 23.0 Å². The Labute approximate surface area is 242 Å². The third-order valence-electron chi connectivity index (χ3n) is 7.70. The summed E-state index contributed by atoms with van der Waals surface area (Å²) in [5, 5.41) is 12.2. The van der Waals surface area contributed by atoms with Gasteiger partial charge in [-0.2, -0.15) is 0 Å². The Hall–Kier alpha value is -4.37.